The van der Waals surface area contributed by atoms with E-state index in [1.165, 1.54) is 19.2 Å². The van der Waals surface area contributed by atoms with E-state index in [4.69, 9.17) is 19.9 Å². The van der Waals surface area contributed by atoms with E-state index < -0.39 is 58.2 Å². The maximum atomic E-state index is 13.3. The van der Waals surface area contributed by atoms with Crippen LogP contribution in [0.2, 0.25) is 0 Å². The molecule has 20 heteroatoms. The molecule has 0 spiro atoms. The van der Waals surface area contributed by atoms with Crippen LogP contribution in [0.1, 0.15) is 32.4 Å². The molecule has 3 aliphatic heterocycles. The number of aliphatic carboxylic acids is 1. The van der Waals surface area contributed by atoms with Crippen LogP contribution in [-0.2, 0) is 33.9 Å². The third-order valence-corrected chi connectivity index (χ3v) is 10.2. The van der Waals surface area contributed by atoms with Gasteiger partial charge in [0.1, 0.15) is 24.1 Å². The summed E-state index contributed by atoms with van der Waals surface area (Å²) in [5.41, 5.74) is 4.75. The summed E-state index contributed by atoms with van der Waals surface area (Å²) < 4.78 is 41.3. The number of amides is 2. The number of likely N-dealkylation sites (tertiary alicyclic amines) is 1. The molecule has 2 aromatic carbocycles. The number of carbonyl (C=O) groups is 3. The number of rotatable bonds is 15. The predicted octanol–water partition coefficient (Wildman–Crippen LogP) is 1.07. The van der Waals surface area contributed by atoms with Gasteiger partial charge >= 0.3 is 16.4 Å². The number of nitrogen functional groups attached to an aromatic ring is 1. The Hall–Kier alpha value is -4.60. The number of benzene rings is 2. The number of fused-ring (bicyclic) bond motifs is 1. The molecule has 52 heavy (non-hydrogen) atoms. The van der Waals surface area contributed by atoms with Crippen molar-refractivity contribution in [2.75, 3.05) is 50.4 Å². The lowest BCUT2D eigenvalue weighted by atomic mass is 9.84. The Morgan fingerprint density at radius 2 is 1.88 bits per heavy atom. The van der Waals surface area contributed by atoms with Gasteiger partial charge in [-0.3, -0.25) is 14.1 Å². The van der Waals surface area contributed by atoms with Gasteiger partial charge in [0.25, 0.3) is 17.9 Å². The van der Waals surface area contributed by atoms with Gasteiger partial charge in [0.2, 0.25) is 0 Å². The van der Waals surface area contributed by atoms with Crippen LogP contribution in [0.5, 0.6) is 5.75 Å². The molecule has 18 nitrogen and oxygen atoms in total. The fourth-order valence-corrected chi connectivity index (χ4v) is 7.20. The number of nitrogens with two attached hydrogens (primary N) is 1. The molecule has 3 saturated heterocycles. The van der Waals surface area contributed by atoms with Crippen molar-refractivity contribution >= 4 is 66.8 Å². The molecule has 3 fully saturated rings. The number of anilines is 2. The quantitative estimate of drug-likeness (QED) is 0.0549. The van der Waals surface area contributed by atoms with Gasteiger partial charge in [0.05, 0.1) is 5.54 Å². The number of carbonyl (C=O) groups excluding carboxylic acids is 2. The van der Waals surface area contributed by atoms with Crippen LogP contribution >= 0.6 is 11.3 Å². The molecule has 2 atom stereocenters. The summed E-state index contributed by atoms with van der Waals surface area (Å²) in [6.45, 7) is 7.82. The molecule has 1 unspecified atom stereocenters. The van der Waals surface area contributed by atoms with Gasteiger partial charge < -0.3 is 41.3 Å². The van der Waals surface area contributed by atoms with Crippen LogP contribution in [0.15, 0.2) is 46.9 Å². The van der Waals surface area contributed by atoms with E-state index >= 15 is 0 Å². The van der Waals surface area contributed by atoms with Crippen LogP contribution in [0.25, 0.3) is 10.8 Å². The fourth-order valence-electron chi connectivity index (χ4n) is 6.20. The molecule has 2 amide bonds. The summed E-state index contributed by atoms with van der Waals surface area (Å²) >= 11 is 0.970. The Kier molecular flexibility index (Phi) is 10.8. The molecular weight excluding hydrogens is 721 g/mol. The lowest BCUT2D eigenvalue weighted by Crippen LogP contribution is -2.76. The highest BCUT2D eigenvalue weighted by Crippen LogP contribution is 2.33. The monoisotopic (exact) mass is 760 g/mol. The number of ether oxygens (including phenoxy) is 1. The number of piperidine rings is 1. The summed E-state index contributed by atoms with van der Waals surface area (Å²) in [6, 6.07) is 10.5. The summed E-state index contributed by atoms with van der Waals surface area (Å²) in [5.74, 6) is -2.28. The van der Waals surface area contributed by atoms with Gasteiger partial charge in [0, 0.05) is 49.8 Å². The zero-order valence-corrected chi connectivity index (χ0v) is 30.0. The number of hydroxylamine groups is 2. The van der Waals surface area contributed by atoms with Crippen molar-refractivity contribution in [3.05, 3.63) is 47.5 Å². The third kappa shape index (κ3) is 8.70. The average Bonchev–Trinajstić information content (AvgIpc) is 3.51. The number of nitrogens with zero attached hydrogens (tertiary/aromatic N) is 4. The van der Waals surface area contributed by atoms with Crippen LogP contribution in [0, 0.1) is 5.92 Å². The second-order valence-electron chi connectivity index (χ2n) is 13.4. The van der Waals surface area contributed by atoms with Gasteiger partial charge in [-0.25, -0.2) is 9.78 Å². The number of hydrogen-bond donors (Lipinski definition) is 6. The van der Waals surface area contributed by atoms with Crippen molar-refractivity contribution in [3.63, 3.8) is 0 Å². The zero-order valence-electron chi connectivity index (χ0n) is 28.4. The molecule has 3 aliphatic rings. The van der Waals surface area contributed by atoms with Crippen molar-refractivity contribution in [2.45, 2.75) is 50.4 Å². The first-order valence-corrected chi connectivity index (χ1v) is 18.8. The highest BCUT2D eigenvalue weighted by molar-refractivity contribution is 7.80. The SMILES string of the molecule is CC1(C)[C@H](NC(=O)/C(=N\OC(COc2ccc3cc(NC4CCN(CC5CNC5)CC4)ccc3c2)C(=O)O)c2csc(N)n2)C(=O)N1OS(=O)(=O)O. The van der Waals surface area contributed by atoms with Gasteiger partial charge in [0.15, 0.2) is 10.8 Å². The van der Waals surface area contributed by atoms with E-state index in [0.717, 1.165) is 79.3 Å². The third-order valence-electron chi connectivity index (χ3n) is 9.20. The molecule has 0 aliphatic carbocycles. The van der Waals surface area contributed by atoms with Gasteiger partial charge in [-0.15, -0.1) is 15.6 Å². The molecule has 0 radical (unpaired) electrons. The first kappa shape index (κ1) is 37.2. The van der Waals surface area contributed by atoms with Gasteiger partial charge in [-0.05, 0) is 67.6 Å². The zero-order chi connectivity index (χ0) is 37.2. The first-order chi connectivity index (χ1) is 24.7. The maximum Gasteiger partial charge on any atom is 0.418 e. The molecule has 0 bridgehead atoms. The Balaban J connectivity index is 1.07. The number of nitrogens with one attached hydrogen (secondary N) is 3. The molecule has 0 saturated carbocycles. The molecule has 3 aromatic rings. The number of oxime groups is 1. The molecule has 280 valence electrons. The highest BCUT2D eigenvalue weighted by atomic mass is 32.3. The maximum absolute atomic E-state index is 13.3. The standard InChI is InChI=1S/C32H40N8O10S2/c1-32(2)27(29(42)40(32)50-52(45,46)47)37-28(41)26(24-17-51-31(33)36-24)38-49-25(30(43)44)16-48-23-6-4-19-11-22(5-3-20(19)12-23)35-21-7-9-39(10-8-21)15-18-13-34-14-18/h3-6,11-12,17-18,21,25,27,34-35H,7-10,13-16H2,1-2H3,(H2,33,36)(H,37,41)(H,43,44)(H,45,46,47)/b38-26-/t25?,27-/m1/s1. The summed E-state index contributed by atoms with van der Waals surface area (Å²) in [7, 11) is -5.02. The summed E-state index contributed by atoms with van der Waals surface area (Å²) in [5, 5.41) is 26.7. The van der Waals surface area contributed by atoms with Crippen LogP contribution in [0.4, 0.5) is 10.8 Å². The van der Waals surface area contributed by atoms with Crippen LogP contribution < -0.4 is 26.4 Å². The Morgan fingerprint density at radius 1 is 1.17 bits per heavy atom. The minimum Gasteiger partial charge on any atom is -0.489 e. The van der Waals surface area contributed by atoms with Crippen molar-refractivity contribution < 1.29 is 46.3 Å². The molecule has 6 rings (SSSR count). The van der Waals surface area contributed by atoms with Crippen molar-refractivity contribution in [3.8, 4) is 5.75 Å². The second-order valence-corrected chi connectivity index (χ2v) is 15.3. The Bertz CT molecular complexity index is 1960. The van der Waals surface area contributed by atoms with E-state index in [9.17, 15) is 27.9 Å². The normalized spacial score (nSPS) is 20.5. The van der Waals surface area contributed by atoms with Crippen LogP contribution in [0.3, 0.4) is 0 Å². The van der Waals surface area contributed by atoms with Crippen LogP contribution in [-0.4, -0.2) is 120 Å². The van der Waals surface area contributed by atoms with Gasteiger partial charge in [-0.1, -0.05) is 17.3 Å². The highest BCUT2D eigenvalue weighted by Gasteiger charge is 2.58. The number of hydrogen-bond acceptors (Lipinski definition) is 15. The fraction of sp³-hybridized carbons (Fsp3) is 0.469. The lowest BCUT2D eigenvalue weighted by molar-refractivity contribution is -0.218. The number of thiazole rings is 1. The second kappa shape index (κ2) is 15.2. The summed E-state index contributed by atoms with van der Waals surface area (Å²) in [4.78, 5) is 49.8. The van der Waals surface area contributed by atoms with E-state index in [1.807, 2.05) is 18.2 Å². The Morgan fingerprint density at radius 3 is 2.50 bits per heavy atom. The molecule has 7 N–H and O–H groups in total. The first-order valence-electron chi connectivity index (χ1n) is 16.5. The minimum absolute atomic E-state index is 0.0681. The molecule has 4 heterocycles. The van der Waals surface area contributed by atoms with E-state index in [0.29, 0.717) is 16.9 Å². The van der Waals surface area contributed by atoms with E-state index in [-0.39, 0.29) is 10.8 Å². The largest absolute Gasteiger partial charge is 0.489 e. The number of β-lactam (4-membered cyclic amide) rings is 1. The molecule has 1 aromatic heterocycles. The van der Waals surface area contributed by atoms with E-state index in [1.54, 1.807) is 12.1 Å². The lowest BCUT2D eigenvalue weighted by Gasteiger charge is -2.50. The minimum atomic E-state index is -5.02. The Labute approximate surface area is 303 Å². The van der Waals surface area contributed by atoms with E-state index in [2.05, 4.69) is 41.3 Å². The van der Waals surface area contributed by atoms with Crippen molar-refractivity contribution in [1.29, 1.82) is 0 Å². The number of carboxylic acid groups (broad SMARTS) is 1. The van der Waals surface area contributed by atoms with Gasteiger partial charge in [-0.2, -0.15) is 13.5 Å². The van der Waals surface area contributed by atoms with Crippen molar-refractivity contribution in [2.24, 2.45) is 11.1 Å². The van der Waals surface area contributed by atoms with Crippen molar-refractivity contribution in [1.82, 2.24) is 25.6 Å². The predicted molar refractivity (Wildman–Crippen MR) is 190 cm³/mol. The smallest absolute Gasteiger partial charge is 0.418 e. The number of aromatic nitrogens is 1. The number of carboxylic acids is 1. The average molecular weight is 761 g/mol. The topological polar surface area (TPSA) is 247 Å². The molecular formula is C32H40N8O10S2. The summed E-state index contributed by atoms with van der Waals surface area (Å²) in [6.07, 6.45) is 0.495.